The zero-order valence-electron chi connectivity index (χ0n) is 8.44. The molecule has 0 unspecified atom stereocenters. The Morgan fingerprint density at radius 3 is 1.25 bits per heavy atom. The first-order valence-electron chi connectivity index (χ1n) is 4.70. The summed E-state index contributed by atoms with van der Waals surface area (Å²) in [5.74, 6) is 0. The van der Waals surface area contributed by atoms with E-state index in [-0.39, 0.29) is 4.70 Å². The van der Waals surface area contributed by atoms with Gasteiger partial charge in [-0.1, -0.05) is 60.7 Å². The molecule has 16 heavy (non-hydrogen) atoms. The van der Waals surface area contributed by atoms with E-state index >= 15 is 0 Å². The summed E-state index contributed by atoms with van der Waals surface area (Å²) in [5, 5.41) is 2.05. The fraction of sp³-hybridized carbons (Fsp3) is 0. The van der Waals surface area contributed by atoms with Gasteiger partial charge in [-0.15, -0.1) is 22.2 Å². The van der Waals surface area contributed by atoms with Gasteiger partial charge in [0, 0.05) is 0 Å². The van der Waals surface area contributed by atoms with Crippen molar-refractivity contribution in [2.75, 3.05) is 0 Å². The van der Waals surface area contributed by atoms with Crippen LogP contribution in [0.25, 0.3) is 0 Å². The van der Waals surface area contributed by atoms with E-state index in [0.29, 0.717) is 0 Å². The SMILES string of the molecule is Cl[Si](Cl)(c1ccccc1)c1ccccc1.F. The van der Waals surface area contributed by atoms with Gasteiger partial charge in [-0.25, -0.2) is 0 Å². The Morgan fingerprint density at radius 1 is 0.625 bits per heavy atom. The Balaban J connectivity index is 0.00000128. The minimum absolute atomic E-state index is 0. The van der Waals surface area contributed by atoms with Crippen molar-refractivity contribution in [3.63, 3.8) is 0 Å². The molecule has 0 bridgehead atoms. The molecule has 0 nitrogen and oxygen atoms in total. The molecule has 0 N–H and O–H groups in total. The van der Waals surface area contributed by atoms with Gasteiger partial charge in [0.25, 0.3) is 0 Å². The van der Waals surface area contributed by atoms with Crippen LogP contribution < -0.4 is 10.4 Å². The second-order valence-corrected chi connectivity index (χ2v) is 9.59. The summed E-state index contributed by atoms with van der Waals surface area (Å²) in [5.41, 5.74) is 0. The Kier molecular flexibility index (Phi) is 4.53. The van der Waals surface area contributed by atoms with Crippen LogP contribution in [0.1, 0.15) is 0 Å². The molecular formula is C12H11Cl2FSi. The number of rotatable bonds is 2. The van der Waals surface area contributed by atoms with Crippen molar-refractivity contribution in [1.82, 2.24) is 0 Å². The third kappa shape index (κ3) is 2.64. The Bertz CT molecular complexity index is 390. The standard InChI is InChI=1S/C12H10Cl2Si.FH/c13-15(14,11-7-3-1-4-8-11)12-9-5-2-6-10-12;/h1-10H;1H. The van der Waals surface area contributed by atoms with E-state index in [2.05, 4.69) is 0 Å². The lowest BCUT2D eigenvalue weighted by Gasteiger charge is -2.17. The third-order valence-corrected chi connectivity index (χ3v) is 7.01. The molecule has 0 amide bonds. The van der Waals surface area contributed by atoms with Crippen LogP contribution in [-0.2, 0) is 0 Å². The minimum Gasteiger partial charge on any atom is -0.269 e. The van der Waals surface area contributed by atoms with Crippen LogP contribution in [-0.4, -0.2) is 6.69 Å². The highest BCUT2D eigenvalue weighted by atomic mass is 35.7. The molecule has 0 aliphatic heterocycles. The molecule has 0 atom stereocenters. The lowest BCUT2D eigenvalue weighted by Crippen LogP contribution is -2.48. The van der Waals surface area contributed by atoms with Crippen LogP contribution in [0.2, 0.25) is 0 Å². The molecule has 84 valence electrons. The Morgan fingerprint density at radius 2 is 0.938 bits per heavy atom. The number of hydrogen-bond donors (Lipinski definition) is 0. The van der Waals surface area contributed by atoms with Crippen molar-refractivity contribution in [3.05, 3.63) is 60.7 Å². The van der Waals surface area contributed by atoms with E-state index in [9.17, 15) is 0 Å². The Labute approximate surface area is 105 Å². The predicted octanol–water partition coefficient (Wildman–Crippen LogP) is 2.87. The molecule has 0 fully saturated rings. The molecule has 0 heterocycles. The van der Waals surface area contributed by atoms with Crippen LogP contribution in [0.4, 0.5) is 4.70 Å². The molecule has 0 aliphatic rings. The topological polar surface area (TPSA) is 0 Å². The van der Waals surface area contributed by atoms with E-state index in [1.54, 1.807) is 0 Å². The zero-order chi connectivity index (χ0) is 10.7. The smallest absolute Gasteiger partial charge is 0.269 e. The van der Waals surface area contributed by atoms with Crippen LogP contribution in [0.15, 0.2) is 60.7 Å². The number of benzene rings is 2. The summed E-state index contributed by atoms with van der Waals surface area (Å²) in [6.45, 7) is -2.51. The van der Waals surface area contributed by atoms with E-state index in [4.69, 9.17) is 22.2 Å². The first-order chi connectivity index (χ1) is 7.21. The van der Waals surface area contributed by atoms with Crippen LogP contribution in [0.3, 0.4) is 0 Å². The first-order valence-corrected chi connectivity index (χ1v) is 8.72. The summed E-state index contributed by atoms with van der Waals surface area (Å²) in [4.78, 5) is 0. The second kappa shape index (κ2) is 5.48. The van der Waals surface area contributed by atoms with Gasteiger partial charge in [-0.2, -0.15) is 0 Å². The number of hydrogen-bond acceptors (Lipinski definition) is 0. The van der Waals surface area contributed by atoms with Crippen molar-refractivity contribution >= 4 is 39.2 Å². The van der Waals surface area contributed by atoms with Gasteiger partial charge in [0.1, 0.15) is 0 Å². The maximum atomic E-state index is 6.49. The molecule has 0 saturated carbocycles. The predicted molar refractivity (Wildman–Crippen MR) is 72.1 cm³/mol. The van der Waals surface area contributed by atoms with E-state index in [0.717, 1.165) is 10.4 Å². The van der Waals surface area contributed by atoms with Gasteiger partial charge in [0.05, 0.1) is 0 Å². The molecule has 2 aromatic carbocycles. The van der Waals surface area contributed by atoms with Crippen molar-refractivity contribution < 1.29 is 4.70 Å². The molecule has 2 aromatic rings. The lowest BCUT2D eigenvalue weighted by molar-refractivity contribution is 1.11. The first kappa shape index (κ1) is 13.2. The van der Waals surface area contributed by atoms with Crippen molar-refractivity contribution in [2.45, 2.75) is 0 Å². The van der Waals surface area contributed by atoms with Gasteiger partial charge >= 0.3 is 6.69 Å². The van der Waals surface area contributed by atoms with E-state index in [1.165, 1.54) is 0 Å². The van der Waals surface area contributed by atoms with Crippen molar-refractivity contribution in [2.24, 2.45) is 0 Å². The highest BCUT2D eigenvalue weighted by Gasteiger charge is 2.32. The average Bonchev–Trinajstić information content (AvgIpc) is 2.31. The fourth-order valence-corrected chi connectivity index (χ4v) is 4.53. The molecule has 2 rings (SSSR count). The summed E-state index contributed by atoms with van der Waals surface area (Å²) in [7, 11) is 0. The Hall–Kier alpha value is -0.833. The van der Waals surface area contributed by atoms with E-state index < -0.39 is 6.69 Å². The fourth-order valence-electron chi connectivity index (χ4n) is 1.46. The van der Waals surface area contributed by atoms with Gasteiger partial charge in [-0.3, -0.25) is 4.70 Å². The van der Waals surface area contributed by atoms with Crippen molar-refractivity contribution in [1.29, 1.82) is 0 Å². The molecule has 0 spiro atoms. The largest absolute Gasteiger partial charge is 0.310 e. The average molecular weight is 273 g/mol. The van der Waals surface area contributed by atoms with Crippen LogP contribution in [0, 0.1) is 0 Å². The van der Waals surface area contributed by atoms with Gasteiger partial charge in [-0.05, 0) is 10.4 Å². The highest BCUT2D eigenvalue weighted by molar-refractivity contribution is 7.56. The summed E-state index contributed by atoms with van der Waals surface area (Å²) >= 11 is 13.0. The monoisotopic (exact) mass is 272 g/mol. The zero-order valence-corrected chi connectivity index (χ0v) is 10.9. The van der Waals surface area contributed by atoms with Gasteiger partial charge < -0.3 is 0 Å². The molecule has 4 heteroatoms. The van der Waals surface area contributed by atoms with E-state index in [1.807, 2.05) is 60.7 Å². The molecular weight excluding hydrogens is 262 g/mol. The van der Waals surface area contributed by atoms with Crippen molar-refractivity contribution in [3.8, 4) is 0 Å². The third-order valence-electron chi connectivity index (χ3n) is 2.27. The maximum Gasteiger partial charge on any atom is 0.310 e. The lowest BCUT2D eigenvalue weighted by atomic mass is 10.4. The summed E-state index contributed by atoms with van der Waals surface area (Å²) in [6, 6.07) is 19.7. The normalized spacial score (nSPS) is 10.6. The molecule has 0 aromatic heterocycles. The molecule has 0 aliphatic carbocycles. The van der Waals surface area contributed by atoms with Gasteiger partial charge in [0.15, 0.2) is 0 Å². The molecule has 0 saturated heterocycles. The van der Waals surface area contributed by atoms with Crippen LogP contribution in [0.5, 0.6) is 0 Å². The summed E-state index contributed by atoms with van der Waals surface area (Å²) < 4.78 is 0. The quantitative estimate of drug-likeness (QED) is 0.583. The molecule has 0 radical (unpaired) electrons. The van der Waals surface area contributed by atoms with Crippen LogP contribution >= 0.6 is 22.2 Å². The second-order valence-electron chi connectivity index (χ2n) is 3.31. The highest BCUT2D eigenvalue weighted by Crippen LogP contribution is 2.14. The maximum absolute atomic E-state index is 6.49. The minimum atomic E-state index is -2.51. The number of halogens is 3. The van der Waals surface area contributed by atoms with Gasteiger partial charge in [0.2, 0.25) is 0 Å². The summed E-state index contributed by atoms with van der Waals surface area (Å²) in [6.07, 6.45) is 0.